The Morgan fingerprint density at radius 1 is 0.958 bits per heavy atom. The van der Waals surface area contributed by atoms with Crippen molar-refractivity contribution < 1.29 is 14.4 Å². The van der Waals surface area contributed by atoms with Crippen LogP contribution in [0.5, 0.6) is 0 Å². The number of fused-ring (bicyclic) bond motifs is 1. The fourth-order valence-electron chi connectivity index (χ4n) is 2.85. The zero-order chi connectivity index (χ0) is 16.8. The highest BCUT2D eigenvalue weighted by atomic mass is 16.5. The van der Waals surface area contributed by atoms with Gasteiger partial charge in [0.2, 0.25) is 5.91 Å². The maximum absolute atomic E-state index is 10.9. The minimum Gasteiger partial charge on any atom is -0.461 e. The molecule has 124 valence electrons. The highest BCUT2D eigenvalue weighted by Crippen LogP contribution is 2.27. The number of carbonyl (C=O) groups is 1. The van der Waals surface area contributed by atoms with E-state index in [0.29, 0.717) is 6.42 Å². The number of furan rings is 1. The molecule has 0 atom stereocenters. The molecule has 0 unspecified atom stereocenters. The predicted molar refractivity (Wildman–Crippen MR) is 93.8 cm³/mol. The van der Waals surface area contributed by atoms with Crippen molar-refractivity contribution in [1.29, 1.82) is 0 Å². The van der Waals surface area contributed by atoms with Gasteiger partial charge in [-0.25, -0.2) is 5.48 Å². The highest BCUT2D eigenvalue weighted by Gasteiger charge is 2.06. The van der Waals surface area contributed by atoms with Crippen LogP contribution < -0.4 is 5.48 Å². The summed E-state index contributed by atoms with van der Waals surface area (Å²) in [6.45, 7) is 0. The molecule has 2 N–H and O–H groups in total. The van der Waals surface area contributed by atoms with E-state index in [4.69, 9.17) is 9.62 Å². The smallest absolute Gasteiger partial charge is 0.243 e. The molecule has 0 aliphatic rings. The van der Waals surface area contributed by atoms with E-state index in [9.17, 15) is 4.79 Å². The van der Waals surface area contributed by atoms with E-state index in [2.05, 4.69) is 30.3 Å². The average Bonchev–Trinajstić information content (AvgIpc) is 3.03. The van der Waals surface area contributed by atoms with Crippen LogP contribution in [-0.2, 0) is 11.2 Å². The molecule has 24 heavy (non-hydrogen) atoms. The summed E-state index contributed by atoms with van der Waals surface area (Å²) in [6.07, 6.45) is 3.88. The minimum atomic E-state index is -0.327. The molecule has 0 fully saturated rings. The lowest BCUT2D eigenvalue weighted by Gasteiger charge is -2.00. The maximum atomic E-state index is 10.9. The summed E-state index contributed by atoms with van der Waals surface area (Å²) in [5, 5.41) is 9.56. The number of carbonyl (C=O) groups excluding carboxylic acids is 1. The summed E-state index contributed by atoms with van der Waals surface area (Å²) in [5.41, 5.74) is 4.94. The molecular formula is C20H21NO3. The third kappa shape index (κ3) is 4.03. The van der Waals surface area contributed by atoms with Gasteiger partial charge in [0.1, 0.15) is 11.3 Å². The number of hydrogen-bond donors (Lipinski definition) is 2. The Morgan fingerprint density at radius 2 is 1.79 bits per heavy atom. The molecule has 0 saturated heterocycles. The first-order valence-electron chi connectivity index (χ1n) is 8.27. The Bertz CT molecular complexity index is 808. The number of aryl methyl sites for hydroxylation is 1. The molecule has 4 heteroatoms. The number of amides is 1. The minimum absolute atomic E-state index is 0.327. The van der Waals surface area contributed by atoms with Crippen LogP contribution in [0, 0.1) is 0 Å². The highest BCUT2D eigenvalue weighted by molar-refractivity contribution is 5.84. The molecule has 1 aromatic heterocycles. The first kappa shape index (κ1) is 16.3. The largest absolute Gasteiger partial charge is 0.461 e. The average molecular weight is 323 g/mol. The Labute approximate surface area is 141 Å². The molecule has 4 nitrogen and oxygen atoms in total. The Balaban J connectivity index is 1.61. The number of unbranched alkanes of at least 4 members (excludes halogenated alkanes) is 2. The van der Waals surface area contributed by atoms with Crippen molar-refractivity contribution in [3.63, 3.8) is 0 Å². The van der Waals surface area contributed by atoms with Crippen molar-refractivity contribution >= 4 is 16.9 Å². The lowest BCUT2D eigenvalue weighted by Crippen LogP contribution is -2.17. The van der Waals surface area contributed by atoms with Crippen LogP contribution >= 0.6 is 0 Å². The molecule has 1 amide bonds. The standard InChI is InChI=1S/C20H21NO3/c22-20(21-23)10-6-2-5-9-18-14-17-13-16(11-12-19(17)24-18)15-7-3-1-4-8-15/h1,3-4,7-8,11-14,23H,2,5-6,9-10H2,(H,21,22). The van der Waals surface area contributed by atoms with Gasteiger partial charge in [-0.1, -0.05) is 42.8 Å². The van der Waals surface area contributed by atoms with Gasteiger partial charge in [-0.2, -0.15) is 0 Å². The molecule has 0 saturated carbocycles. The van der Waals surface area contributed by atoms with E-state index in [1.165, 1.54) is 11.1 Å². The maximum Gasteiger partial charge on any atom is 0.243 e. The van der Waals surface area contributed by atoms with Gasteiger partial charge in [0.05, 0.1) is 0 Å². The Morgan fingerprint density at radius 3 is 2.58 bits per heavy atom. The van der Waals surface area contributed by atoms with E-state index in [1.807, 2.05) is 24.3 Å². The SMILES string of the molecule is O=C(CCCCCc1cc2cc(-c3ccccc3)ccc2o1)NO. The summed E-state index contributed by atoms with van der Waals surface area (Å²) >= 11 is 0. The third-order valence-corrected chi connectivity index (χ3v) is 4.13. The third-order valence-electron chi connectivity index (χ3n) is 4.13. The second-order valence-corrected chi connectivity index (χ2v) is 5.93. The van der Waals surface area contributed by atoms with Crippen molar-refractivity contribution in [2.45, 2.75) is 32.1 Å². The fourth-order valence-corrected chi connectivity index (χ4v) is 2.85. The molecule has 3 rings (SSSR count). The lowest BCUT2D eigenvalue weighted by molar-refractivity contribution is -0.129. The van der Waals surface area contributed by atoms with E-state index in [-0.39, 0.29) is 5.91 Å². The lowest BCUT2D eigenvalue weighted by atomic mass is 10.0. The second kappa shape index (κ2) is 7.79. The summed E-state index contributed by atoms with van der Waals surface area (Å²) in [4.78, 5) is 10.9. The van der Waals surface area contributed by atoms with Crippen molar-refractivity contribution in [3.8, 4) is 11.1 Å². The van der Waals surface area contributed by atoms with Crippen LogP contribution in [0.2, 0.25) is 0 Å². The van der Waals surface area contributed by atoms with Crippen molar-refractivity contribution in [2.24, 2.45) is 0 Å². The summed E-state index contributed by atoms with van der Waals surface area (Å²) in [5.74, 6) is 0.647. The van der Waals surface area contributed by atoms with E-state index in [0.717, 1.165) is 42.4 Å². The molecular weight excluding hydrogens is 302 g/mol. The molecule has 0 spiro atoms. The number of nitrogens with one attached hydrogen (secondary N) is 1. The van der Waals surface area contributed by atoms with Gasteiger partial charge in [-0.05, 0) is 42.2 Å². The first-order valence-corrected chi connectivity index (χ1v) is 8.27. The molecule has 1 heterocycles. The van der Waals surface area contributed by atoms with Gasteiger partial charge in [0.25, 0.3) is 0 Å². The van der Waals surface area contributed by atoms with Crippen LogP contribution in [0.15, 0.2) is 59.0 Å². The van der Waals surface area contributed by atoms with Crippen LogP contribution in [0.25, 0.3) is 22.1 Å². The van der Waals surface area contributed by atoms with Crippen molar-refractivity contribution in [2.75, 3.05) is 0 Å². The summed E-state index contributed by atoms with van der Waals surface area (Å²) in [7, 11) is 0. The first-order chi connectivity index (χ1) is 11.8. The normalized spacial score (nSPS) is 10.9. The molecule has 3 aromatic rings. The zero-order valence-corrected chi connectivity index (χ0v) is 13.5. The number of hydroxylamine groups is 1. The fraction of sp³-hybridized carbons (Fsp3) is 0.250. The number of rotatable bonds is 7. The van der Waals surface area contributed by atoms with Gasteiger partial charge in [0, 0.05) is 18.2 Å². The summed E-state index contributed by atoms with van der Waals surface area (Å²) < 4.78 is 5.89. The number of benzene rings is 2. The van der Waals surface area contributed by atoms with Crippen LogP contribution in [-0.4, -0.2) is 11.1 Å². The monoisotopic (exact) mass is 323 g/mol. The molecule has 0 aliphatic carbocycles. The van der Waals surface area contributed by atoms with Gasteiger partial charge < -0.3 is 4.42 Å². The molecule has 0 radical (unpaired) electrons. The van der Waals surface area contributed by atoms with Crippen molar-refractivity contribution in [1.82, 2.24) is 5.48 Å². The van der Waals surface area contributed by atoms with Gasteiger partial charge in [-0.3, -0.25) is 10.0 Å². The van der Waals surface area contributed by atoms with Crippen LogP contribution in [0.4, 0.5) is 0 Å². The van der Waals surface area contributed by atoms with E-state index < -0.39 is 0 Å². The second-order valence-electron chi connectivity index (χ2n) is 5.93. The molecule has 0 aliphatic heterocycles. The molecule has 0 bridgehead atoms. The summed E-state index contributed by atoms with van der Waals surface area (Å²) in [6, 6.07) is 18.7. The topological polar surface area (TPSA) is 62.5 Å². The predicted octanol–water partition coefficient (Wildman–Crippen LogP) is 4.71. The Hall–Kier alpha value is -2.59. The van der Waals surface area contributed by atoms with Crippen LogP contribution in [0.1, 0.15) is 31.4 Å². The quantitative estimate of drug-likeness (QED) is 0.376. The van der Waals surface area contributed by atoms with Gasteiger partial charge >= 0.3 is 0 Å². The number of hydrogen-bond acceptors (Lipinski definition) is 3. The van der Waals surface area contributed by atoms with E-state index >= 15 is 0 Å². The Kier molecular flexibility index (Phi) is 5.29. The zero-order valence-electron chi connectivity index (χ0n) is 13.5. The molecule has 2 aromatic carbocycles. The van der Waals surface area contributed by atoms with Crippen molar-refractivity contribution in [3.05, 3.63) is 60.4 Å². The van der Waals surface area contributed by atoms with Crippen LogP contribution in [0.3, 0.4) is 0 Å². The van der Waals surface area contributed by atoms with Gasteiger partial charge in [-0.15, -0.1) is 0 Å². The van der Waals surface area contributed by atoms with Gasteiger partial charge in [0.15, 0.2) is 0 Å². The van der Waals surface area contributed by atoms with E-state index in [1.54, 1.807) is 5.48 Å².